The summed E-state index contributed by atoms with van der Waals surface area (Å²) in [5.74, 6) is -0.385. The highest BCUT2D eigenvalue weighted by Gasteiger charge is 2.51. The van der Waals surface area contributed by atoms with Crippen molar-refractivity contribution < 1.29 is 52.5 Å². The molecule has 16 heteroatoms. The molecule has 91 heavy (non-hydrogen) atoms. The Hall–Kier alpha value is -2.86. The molecule has 0 aromatic carbocycles. The molecule has 5 heterocycles. The van der Waals surface area contributed by atoms with Crippen molar-refractivity contribution in [1.82, 2.24) is 24.8 Å². The molecule has 5 aliphatic rings. The number of carbonyl (C=O) groups is 4. The van der Waals surface area contributed by atoms with Gasteiger partial charge in [-0.2, -0.15) is 10.1 Å². The molecule has 0 bridgehead atoms. The maximum Gasteiger partial charge on any atom is 0.508 e. The first-order valence-corrected chi connectivity index (χ1v) is 35.8. The first kappa shape index (κ1) is 82.4. The summed E-state index contributed by atoms with van der Waals surface area (Å²) in [6, 6.07) is 0. The first-order chi connectivity index (χ1) is 41.7. The van der Waals surface area contributed by atoms with Gasteiger partial charge in [-0.3, -0.25) is 29.1 Å². The Bertz CT molecular complexity index is 2120. The van der Waals surface area contributed by atoms with Crippen LogP contribution in [0.2, 0.25) is 0 Å². The number of hydroxylamine groups is 4. The van der Waals surface area contributed by atoms with E-state index >= 15 is 0 Å². The molecule has 0 N–H and O–H groups in total. The highest BCUT2D eigenvalue weighted by atomic mass is 16.7. The van der Waals surface area contributed by atoms with Gasteiger partial charge in [0, 0.05) is 138 Å². The molecule has 5 aliphatic heterocycles. The molecule has 0 radical (unpaired) electrons. The Kier molecular flexibility index (Phi) is 31.1. The third-order valence-corrected chi connectivity index (χ3v) is 21.3. The number of hydrogen-bond acceptors (Lipinski definition) is 16. The van der Waals surface area contributed by atoms with Gasteiger partial charge in [0.1, 0.15) is 30.5 Å². The zero-order valence-electron chi connectivity index (χ0n) is 63.6. The number of ether oxygens (including phenoxy) is 5. The van der Waals surface area contributed by atoms with Gasteiger partial charge >= 0.3 is 24.1 Å². The smallest absolute Gasteiger partial charge is 0.462 e. The lowest BCUT2D eigenvalue weighted by Crippen LogP contribution is -2.62. The van der Waals surface area contributed by atoms with E-state index in [1.54, 1.807) is 14.0 Å². The van der Waals surface area contributed by atoms with Crippen LogP contribution in [0, 0.1) is 0 Å². The Morgan fingerprint density at radius 3 is 0.912 bits per heavy atom. The lowest BCUT2D eigenvalue weighted by Gasteiger charge is -2.53. The summed E-state index contributed by atoms with van der Waals surface area (Å²) in [5, 5.41) is 4.17. The van der Waals surface area contributed by atoms with Crippen LogP contribution in [0.15, 0.2) is 12.2 Å². The number of rotatable bonds is 27. The zero-order valence-corrected chi connectivity index (χ0v) is 63.6. The second-order valence-electron chi connectivity index (χ2n) is 34.7. The van der Waals surface area contributed by atoms with Crippen molar-refractivity contribution in [3.8, 4) is 0 Å². The molecule has 0 aromatic heterocycles. The Morgan fingerprint density at radius 2 is 0.615 bits per heavy atom. The molecule has 0 saturated carbocycles. The van der Waals surface area contributed by atoms with Gasteiger partial charge in [0.15, 0.2) is 0 Å². The average Bonchev–Trinajstić information content (AvgIpc) is 0.836. The fourth-order valence-corrected chi connectivity index (χ4v) is 16.3. The standard InChI is InChI=1S/C31H60N2O5.C30H56N2O4.C14H25NO2/c1-11-12-13-14-15-16-17-18-19-20-36-33-30(6,7)23-26(24-31(33,8)9)38-27(34)37-25-21-28(2,3)32(35-10)29(4,5)22-25;1-27(2)19-23(20-28(3,4)31(27)9)35-25(33)17-15-13-11-12-14-16-18-26(34)36-24-21-29(5,6)32(10)30(7,8)22-24;1-10(2)12(16)17-11-8-13(3,4)15(7)14(5,6)9-11/h25-26H,11-24H2,1-10H3;23-24H,11-22H2,1-10H3;11H,1,8-9H2,2-7H3. The van der Waals surface area contributed by atoms with Gasteiger partial charge in [-0.25, -0.2) is 9.59 Å². The van der Waals surface area contributed by atoms with E-state index in [9.17, 15) is 19.2 Å². The van der Waals surface area contributed by atoms with E-state index in [0.717, 1.165) is 90.1 Å². The molecule has 16 nitrogen and oxygen atoms in total. The topological polar surface area (TPSA) is 149 Å². The minimum Gasteiger partial charge on any atom is -0.462 e. The third kappa shape index (κ3) is 25.9. The van der Waals surface area contributed by atoms with Crippen molar-refractivity contribution in [2.45, 2.75) is 412 Å². The molecular formula is C75H141N5O11. The van der Waals surface area contributed by atoms with Crippen molar-refractivity contribution in [2.24, 2.45) is 0 Å². The Labute approximate surface area is 557 Å². The van der Waals surface area contributed by atoms with Crippen LogP contribution in [0.1, 0.15) is 326 Å². The predicted octanol–water partition coefficient (Wildman–Crippen LogP) is 17.5. The first-order valence-electron chi connectivity index (χ1n) is 35.8. The summed E-state index contributed by atoms with van der Waals surface area (Å²) in [4.78, 5) is 68.5. The number of piperidine rings is 5. The largest absolute Gasteiger partial charge is 0.508 e. The quantitative estimate of drug-likeness (QED) is 0.0332. The van der Waals surface area contributed by atoms with Gasteiger partial charge in [-0.1, -0.05) is 90.6 Å². The molecule has 0 aliphatic carbocycles. The minimum absolute atomic E-state index is 0.00474. The highest BCUT2D eigenvalue weighted by molar-refractivity contribution is 5.87. The van der Waals surface area contributed by atoms with Gasteiger partial charge in [-0.15, -0.1) is 0 Å². The van der Waals surface area contributed by atoms with Crippen molar-refractivity contribution in [3.05, 3.63) is 12.2 Å². The highest BCUT2D eigenvalue weighted by Crippen LogP contribution is 2.44. The summed E-state index contributed by atoms with van der Waals surface area (Å²) < 4.78 is 29.0. The van der Waals surface area contributed by atoms with E-state index in [2.05, 4.69) is 193 Å². The van der Waals surface area contributed by atoms with Gasteiger partial charge in [-0.05, 0) is 186 Å². The second-order valence-corrected chi connectivity index (χ2v) is 34.7. The second kappa shape index (κ2) is 34.4. The van der Waals surface area contributed by atoms with Gasteiger partial charge < -0.3 is 28.5 Å². The normalized spacial score (nSPS) is 24.2. The zero-order chi connectivity index (χ0) is 69.4. The summed E-state index contributed by atoms with van der Waals surface area (Å²) in [6.45, 7) is 52.1. The fourth-order valence-electron chi connectivity index (χ4n) is 16.3. The van der Waals surface area contributed by atoms with Crippen LogP contribution < -0.4 is 0 Å². The van der Waals surface area contributed by atoms with Crippen LogP contribution in [0.5, 0.6) is 0 Å². The van der Waals surface area contributed by atoms with Crippen LogP contribution in [0.25, 0.3) is 0 Å². The van der Waals surface area contributed by atoms with Crippen LogP contribution in [-0.2, 0) is 47.7 Å². The number of nitrogens with zero attached hydrogens (tertiary/aromatic N) is 5. The van der Waals surface area contributed by atoms with E-state index in [4.69, 9.17) is 33.4 Å². The number of carbonyl (C=O) groups excluding carboxylic acids is 4. The van der Waals surface area contributed by atoms with E-state index < -0.39 is 6.16 Å². The molecule has 5 rings (SSSR count). The predicted molar refractivity (Wildman–Crippen MR) is 371 cm³/mol. The molecule has 0 amide bonds. The fraction of sp³-hybridized carbons (Fsp3) is 0.920. The summed E-state index contributed by atoms with van der Waals surface area (Å²) >= 11 is 0. The molecule has 5 saturated heterocycles. The van der Waals surface area contributed by atoms with E-state index in [-0.39, 0.29) is 104 Å². The van der Waals surface area contributed by atoms with Gasteiger partial charge in [0.25, 0.3) is 0 Å². The van der Waals surface area contributed by atoms with Crippen LogP contribution >= 0.6 is 0 Å². The van der Waals surface area contributed by atoms with Gasteiger partial charge in [0.2, 0.25) is 0 Å². The summed E-state index contributed by atoms with van der Waals surface area (Å²) in [5.41, 5.74) is -0.328. The van der Waals surface area contributed by atoms with Crippen LogP contribution in [0.4, 0.5) is 4.79 Å². The van der Waals surface area contributed by atoms with E-state index in [0.29, 0.717) is 44.1 Å². The van der Waals surface area contributed by atoms with Crippen LogP contribution in [0.3, 0.4) is 0 Å². The number of esters is 3. The summed E-state index contributed by atoms with van der Waals surface area (Å²) in [6.07, 6.45) is 25.8. The number of likely N-dealkylation sites (tertiary alicyclic amines) is 3. The maximum atomic E-state index is 12.9. The Balaban J connectivity index is 0.000000381. The minimum atomic E-state index is -0.562. The molecule has 532 valence electrons. The SMILES string of the molecule is C=C(C)C(=O)OC1CC(C)(C)N(C)C(C)(C)C1.CCCCCCCCCCCON1C(C)(C)CC(OC(=O)OC2CC(C)(C)N(OC)C(C)(C)C2)CC1(C)C.CN1C(C)(C)CC(OC(=O)CCCCCCCCC(=O)OC2CC(C)(C)N(C)C(C)(C)C2)CC1(C)C. The lowest BCUT2D eigenvalue weighted by atomic mass is 9.78. The molecule has 0 unspecified atom stereocenters. The number of hydrogen-bond donors (Lipinski definition) is 0. The van der Waals surface area contributed by atoms with E-state index in [1.165, 1.54) is 51.4 Å². The van der Waals surface area contributed by atoms with Crippen LogP contribution in [-0.4, -0.2) is 170 Å². The molecule has 0 atom stereocenters. The van der Waals surface area contributed by atoms with E-state index in [1.807, 2.05) is 5.06 Å². The molecule has 0 aromatic rings. The maximum absolute atomic E-state index is 12.9. The third-order valence-electron chi connectivity index (χ3n) is 21.3. The Morgan fingerprint density at radius 1 is 0.363 bits per heavy atom. The summed E-state index contributed by atoms with van der Waals surface area (Å²) in [7, 11) is 8.17. The molecule has 5 fully saturated rings. The monoisotopic (exact) mass is 1290 g/mol. The van der Waals surface area contributed by atoms with Crippen molar-refractivity contribution in [2.75, 3.05) is 34.9 Å². The molecule has 0 spiro atoms. The van der Waals surface area contributed by atoms with Crippen molar-refractivity contribution in [1.29, 1.82) is 0 Å². The van der Waals surface area contributed by atoms with Gasteiger partial charge in [0.05, 0.1) is 13.7 Å². The number of unbranched alkanes of at least 4 members (excludes halogenated alkanes) is 13. The van der Waals surface area contributed by atoms with Crippen molar-refractivity contribution in [3.63, 3.8) is 0 Å². The lowest BCUT2D eigenvalue weighted by molar-refractivity contribution is -0.294. The average molecular weight is 1290 g/mol. The molecular weight excluding hydrogens is 1150 g/mol. The van der Waals surface area contributed by atoms with Crippen molar-refractivity contribution >= 4 is 24.1 Å².